The Morgan fingerprint density at radius 2 is 2.14 bits per heavy atom. The lowest BCUT2D eigenvalue weighted by Gasteiger charge is -2.05. The highest BCUT2D eigenvalue weighted by Crippen LogP contribution is 2.19. The highest BCUT2D eigenvalue weighted by Gasteiger charge is 2.17. The summed E-state index contributed by atoms with van der Waals surface area (Å²) in [5, 5.41) is 13.1. The Morgan fingerprint density at radius 3 is 2.90 bits per heavy atom. The van der Waals surface area contributed by atoms with E-state index in [2.05, 4.69) is 10.3 Å². The zero-order valence-electron chi connectivity index (χ0n) is 11.0. The average molecular weight is 302 g/mol. The first-order valence-corrected chi connectivity index (χ1v) is 6.71. The minimum atomic E-state index is -1.03. The number of rotatable bonds is 4. The van der Waals surface area contributed by atoms with Crippen LogP contribution in [0.25, 0.3) is 5.65 Å². The third-order valence-corrected chi connectivity index (χ3v) is 3.32. The fourth-order valence-electron chi connectivity index (χ4n) is 2.16. The molecule has 0 atom stereocenters. The number of pyridine rings is 1. The summed E-state index contributed by atoms with van der Waals surface area (Å²) < 4.78 is 1.54. The second-order valence-electron chi connectivity index (χ2n) is 4.53. The van der Waals surface area contributed by atoms with Gasteiger partial charge >= 0.3 is 5.97 Å². The van der Waals surface area contributed by atoms with Crippen molar-refractivity contribution in [1.82, 2.24) is 9.38 Å². The number of carbonyl (C=O) groups is 1. The third kappa shape index (κ3) is 2.68. The summed E-state index contributed by atoms with van der Waals surface area (Å²) in [5.74, 6) is -0.684. The van der Waals surface area contributed by atoms with Gasteiger partial charge in [-0.15, -0.1) is 0 Å². The molecule has 21 heavy (non-hydrogen) atoms. The maximum Gasteiger partial charge on any atom is 0.356 e. The second-order valence-corrected chi connectivity index (χ2v) is 4.96. The van der Waals surface area contributed by atoms with Gasteiger partial charge in [-0.25, -0.2) is 9.78 Å². The molecule has 0 unspecified atom stereocenters. The van der Waals surface area contributed by atoms with Crippen LogP contribution in [0.3, 0.4) is 0 Å². The molecule has 2 heterocycles. The Bertz CT molecular complexity index is 814. The van der Waals surface area contributed by atoms with E-state index in [1.165, 1.54) is 0 Å². The van der Waals surface area contributed by atoms with Crippen LogP contribution in [0, 0.1) is 0 Å². The van der Waals surface area contributed by atoms with Gasteiger partial charge in [0.1, 0.15) is 5.65 Å². The number of aromatic carboxylic acids is 1. The van der Waals surface area contributed by atoms with Gasteiger partial charge in [-0.3, -0.25) is 4.40 Å². The van der Waals surface area contributed by atoms with Crippen molar-refractivity contribution in [2.24, 2.45) is 0 Å². The first kappa shape index (κ1) is 13.5. The van der Waals surface area contributed by atoms with Gasteiger partial charge in [0.05, 0.1) is 0 Å². The molecule has 0 bridgehead atoms. The Labute approximate surface area is 125 Å². The van der Waals surface area contributed by atoms with Crippen LogP contribution in [0.1, 0.15) is 16.1 Å². The Hall–Kier alpha value is -2.53. The highest BCUT2D eigenvalue weighted by molar-refractivity contribution is 6.30. The van der Waals surface area contributed by atoms with Crippen molar-refractivity contribution < 1.29 is 9.90 Å². The minimum Gasteiger partial charge on any atom is -0.476 e. The third-order valence-electron chi connectivity index (χ3n) is 3.08. The van der Waals surface area contributed by atoms with Crippen molar-refractivity contribution in [3.8, 4) is 0 Å². The topological polar surface area (TPSA) is 66.6 Å². The number of carboxylic acid groups (broad SMARTS) is 1. The van der Waals surface area contributed by atoms with E-state index in [0.717, 1.165) is 5.56 Å². The quantitative estimate of drug-likeness (QED) is 0.776. The molecule has 0 spiro atoms. The number of benzene rings is 1. The smallest absolute Gasteiger partial charge is 0.356 e. The van der Waals surface area contributed by atoms with Crippen LogP contribution in [0.2, 0.25) is 5.02 Å². The number of imidazole rings is 1. The molecule has 3 rings (SSSR count). The number of nitrogens with one attached hydrogen (secondary N) is 1. The minimum absolute atomic E-state index is 0.118. The molecule has 106 valence electrons. The van der Waals surface area contributed by atoms with Crippen molar-refractivity contribution in [3.63, 3.8) is 0 Å². The lowest BCUT2D eigenvalue weighted by molar-refractivity contribution is 0.0690. The number of nitrogens with zero attached hydrogens (tertiary/aromatic N) is 2. The predicted molar refractivity (Wildman–Crippen MR) is 80.9 cm³/mol. The zero-order valence-corrected chi connectivity index (χ0v) is 11.7. The van der Waals surface area contributed by atoms with Crippen molar-refractivity contribution in [3.05, 3.63) is 64.9 Å². The standard InChI is InChI=1S/C15H12ClN3O2/c16-11-5-3-4-10(8-11)9-17-14-13(15(20)21)19-7-2-1-6-12(19)18-14/h1-8,17H,9H2,(H,20,21). The fraction of sp³-hybridized carbons (Fsp3) is 0.0667. The molecule has 3 aromatic rings. The van der Waals surface area contributed by atoms with Crippen LogP contribution >= 0.6 is 11.6 Å². The van der Waals surface area contributed by atoms with Crippen LogP contribution in [0.5, 0.6) is 0 Å². The Balaban J connectivity index is 1.93. The lowest BCUT2D eigenvalue weighted by atomic mass is 10.2. The molecule has 6 heteroatoms. The molecule has 2 N–H and O–H groups in total. The largest absolute Gasteiger partial charge is 0.476 e. The number of halogens is 1. The number of anilines is 1. The summed E-state index contributed by atoms with van der Waals surface area (Å²) in [5.41, 5.74) is 1.66. The maximum atomic E-state index is 11.4. The first-order chi connectivity index (χ1) is 10.1. The lowest BCUT2D eigenvalue weighted by Crippen LogP contribution is -2.07. The van der Waals surface area contributed by atoms with Crippen LogP contribution < -0.4 is 5.32 Å². The highest BCUT2D eigenvalue weighted by atomic mass is 35.5. The van der Waals surface area contributed by atoms with Crippen molar-refractivity contribution in [2.75, 3.05) is 5.32 Å². The molecule has 0 aliphatic heterocycles. The monoisotopic (exact) mass is 301 g/mol. The molecule has 2 aromatic heterocycles. The van der Waals surface area contributed by atoms with Crippen LogP contribution in [-0.4, -0.2) is 20.5 Å². The molecule has 0 radical (unpaired) electrons. The number of hydrogen-bond donors (Lipinski definition) is 2. The van der Waals surface area contributed by atoms with Crippen molar-refractivity contribution >= 4 is 29.0 Å². The Morgan fingerprint density at radius 1 is 1.29 bits per heavy atom. The molecule has 0 amide bonds. The molecule has 5 nitrogen and oxygen atoms in total. The molecular formula is C15H12ClN3O2. The van der Waals surface area contributed by atoms with Crippen LogP contribution in [0.4, 0.5) is 5.82 Å². The van der Waals surface area contributed by atoms with E-state index in [9.17, 15) is 9.90 Å². The molecule has 1 aromatic carbocycles. The van der Waals surface area contributed by atoms with Gasteiger partial charge < -0.3 is 10.4 Å². The average Bonchev–Trinajstić information content (AvgIpc) is 2.83. The fourth-order valence-corrected chi connectivity index (χ4v) is 2.37. The SMILES string of the molecule is O=C(O)c1c(NCc2cccc(Cl)c2)nc2ccccn12. The summed E-state index contributed by atoms with van der Waals surface area (Å²) >= 11 is 5.93. The number of hydrogen-bond acceptors (Lipinski definition) is 3. The van der Waals surface area contributed by atoms with Gasteiger partial charge in [-0.05, 0) is 29.8 Å². The summed E-state index contributed by atoms with van der Waals surface area (Å²) in [6.07, 6.45) is 1.68. The molecule has 0 saturated carbocycles. The molecule has 0 aliphatic carbocycles. The predicted octanol–water partition coefficient (Wildman–Crippen LogP) is 3.30. The molecule has 0 saturated heterocycles. The first-order valence-electron chi connectivity index (χ1n) is 6.34. The van der Waals surface area contributed by atoms with E-state index in [4.69, 9.17) is 11.6 Å². The summed E-state index contributed by atoms with van der Waals surface area (Å²) in [7, 11) is 0. The summed E-state index contributed by atoms with van der Waals surface area (Å²) in [6, 6.07) is 12.7. The van der Waals surface area contributed by atoms with Crippen LogP contribution in [-0.2, 0) is 6.54 Å². The van der Waals surface area contributed by atoms with Gasteiger partial charge in [-0.2, -0.15) is 0 Å². The zero-order chi connectivity index (χ0) is 14.8. The summed E-state index contributed by atoms with van der Waals surface area (Å²) in [6.45, 7) is 0.449. The molecule has 0 aliphatic rings. The van der Waals surface area contributed by atoms with E-state index in [1.54, 1.807) is 28.8 Å². The number of fused-ring (bicyclic) bond motifs is 1. The van der Waals surface area contributed by atoms with Gasteiger partial charge in [-0.1, -0.05) is 29.8 Å². The molecule has 0 fully saturated rings. The van der Waals surface area contributed by atoms with Gasteiger partial charge in [0.25, 0.3) is 0 Å². The van der Waals surface area contributed by atoms with E-state index in [1.807, 2.05) is 24.3 Å². The van der Waals surface area contributed by atoms with Gasteiger partial charge in [0, 0.05) is 17.8 Å². The normalized spacial score (nSPS) is 10.7. The van der Waals surface area contributed by atoms with Gasteiger partial charge in [0.15, 0.2) is 11.5 Å². The van der Waals surface area contributed by atoms with Crippen molar-refractivity contribution in [2.45, 2.75) is 6.54 Å². The second kappa shape index (κ2) is 5.46. The van der Waals surface area contributed by atoms with Gasteiger partial charge in [0.2, 0.25) is 0 Å². The van der Waals surface area contributed by atoms with E-state index >= 15 is 0 Å². The van der Waals surface area contributed by atoms with E-state index < -0.39 is 5.97 Å². The number of carboxylic acids is 1. The summed E-state index contributed by atoms with van der Waals surface area (Å²) in [4.78, 5) is 15.7. The number of aromatic nitrogens is 2. The van der Waals surface area contributed by atoms with Crippen molar-refractivity contribution in [1.29, 1.82) is 0 Å². The van der Waals surface area contributed by atoms with E-state index in [0.29, 0.717) is 23.0 Å². The van der Waals surface area contributed by atoms with Crippen LogP contribution in [0.15, 0.2) is 48.7 Å². The Kier molecular flexibility index (Phi) is 3.50. The van der Waals surface area contributed by atoms with E-state index in [-0.39, 0.29) is 5.69 Å². The molecular weight excluding hydrogens is 290 g/mol. The maximum absolute atomic E-state index is 11.4.